The van der Waals surface area contributed by atoms with Crippen molar-refractivity contribution in [1.29, 1.82) is 0 Å². The Morgan fingerprint density at radius 2 is 2.28 bits per heavy atom. The van der Waals surface area contributed by atoms with Crippen molar-refractivity contribution < 1.29 is 4.79 Å². The third kappa shape index (κ3) is 2.80. The van der Waals surface area contributed by atoms with Gasteiger partial charge in [0.2, 0.25) is 0 Å². The standard InChI is InChI=1S/C14H20N2OS/c1-3-15-13-7-5-4-6-12(13)14(17)16-8-9-18-10-11(16)2/h4-7,11,15H,3,8-10H2,1-2H3. The highest BCUT2D eigenvalue weighted by atomic mass is 32.2. The van der Waals surface area contributed by atoms with E-state index in [-0.39, 0.29) is 5.91 Å². The fraction of sp³-hybridized carbons (Fsp3) is 0.500. The van der Waals surface area contributed by atoms with Crippen LogP contribution in [0.3, 0.4) is 0 Å². The van der Waals surface area contributed by atoms with Gasteiger partial charge in [-0.3, -0.25) is 4.79 Å². The molecule has 0 radical (unpaired) electrons. The Kier molecular flexibility index (Phi) is 4.53. The van der Waals surface area contributed by atoms with Crippen molar-refractivity contribution >= 4 is 23.4 Å². The predicted molar refractivity (Wildman–Crippen MR) is 78.4 cm³/mol. The summed E-state index contributed by atoms with van der Waals surface area (Å²) >= 11 is 1.92. The molecule has 1 heterocycles. The number of para-hydroxylation sites is 1. The van der Waals surface area contributed by atoms with Gasteiger partial charge in [-0.1, -0.05) is 12.1 Å². The van der Waals surface area contributed by atoms with Crippen LogP contribution in [0.15, 0.2) is 24.3 Å². The number of hydrogen-bond donors (Lipinski definition) is 1. The smallest absolute Gasteiger partial charge is 0.256 e. The summed E-state index contributed by atoms with van der Waals surface area (Å²) in [5, 5.41) is 3.26. The summed E-state index contributed by atoms with van der Waals surface area (Å²) in [5.41, 5.74) is 1.73. The molecule has 1 aromatic carbocycles. The zero-order chi connectivity index (χ0) is 13.0. The van der Waals surface area contributed by atoms with Crippen LogP contribution in [0, 0.1) is 0 Å². The highest BCUT2D eigenvalue weighted by Gasteiger charge is 2.25. The first-order valence-electron chi connectivity index (χ1n) is 6.45. The van der Waals surface area contributed by atoms with Crippen LogP contribution in [0.4, 0.5) is 5.69 Å². The zero-order valence-corrected chi connectivity index (χ0v) is 11.8. The van der Waals surface area contributed by atoms with Crippen molar-refractivity contribution in [2.75, 3.05) is 29.9 Å². The minimum Gasteiger partial charge on any atom is -0.385 e. The lowest BCUT2D eigenvalue weighted by Gasteiger charge is -2.33. The van der Waals surface area contributed by atoms with E-state index in [0.29, 0.717) is 6.04 Å². The fourth-order valence-electron chi connectivity index (χ4n) is 2.20. The Morgan fingerprint density at radius 3 is 3.00 bits per heavy atom. The number of carbonyl (C=O) groups excluding carboxylic acids is 1. The molecule has 3 nitrogen and oxygen atoms in total. The van der Waals surface area contributed by atoms with Gasteiger partial charge in [-0.05, 0) is 26.0 Å². The Balaban J connectivity index is 2.22. The Morgan fingerprint density at radius 1 is 1.50 bits per heavy atom. The number of amides is 1. The second kappa shape index (κ2) is 6.14. The number of nitrogens with one attached hydrogen (secondary N) is 1. The molecule has 1 aliphatic heterocycles. The van der Waals surface area contributed by atoms with Crippen LogP contribution < -0.4 is 5.32 Å². The average molecular weight is 264 g/mol. The molecule has 1 atom stereocenters. The molecule has 0 saturated carbocycles. The van der Waals surface area contributed by atoms with E-state index in [9.17, 15) is 4.79 Å². The molecule has 1 aromatic rings. The molecule has 0 aliphatic carbocycles. The van der Waals surface area contributed by atoms with Gasteiger partial charge in [-0.15, -0.1) is 0 Å². The van der Waals surface area contributed by atoms with Gasteiger partial charge in [0, 0.05) is 36.3 Å². The fourth-order valence-corrected chi connectivity index (χ4v) is 3.21. The Labute approximate surface area is 113 Å². The van der Waals surface area contributed by atoms with E-state index < -0.39 is 0 Å². The first kappa shape index (κ1) is 13.3. The molecule has 0 bridgehead atoms. The van der Waals surface area contributed by atoms with E-state index >= 15 is 0 Å². The molecule has 0 aromatic heterocycles. The number of anilines is 1. The lowest BCUT2D eigenvalue weighted by Crippen LogP contribution is -2.44. The highest BCUT2D eigenvalue weighted by molar-refractivity contribution is 7.99. The molecule has 1 saturated heterocycles. The van der Waals surface area contributed by atoms with Gasteiger partial charge in [0.15, 0.2) is 0 Å². The van der Waals surface area contributed by atoms with Gasteiger partial charge in [-0.2, -0.15) is 11.8 Å². The molecule has 1 N–H and O–H groups in total. The molecule has 2 rings (SSSR count). The number of nitrogens with zero attached hydrogens (tertiary/aromatic N) is 1. The third-order valence-electron chi connectivity index (χ3n) is 3.15. The number of carbonyl (C=O) groups is 1. The molecule has 18 heavy (non-hydrogen) atoms. The van der Waals surface area contributed by atoms with Crippen molar-refractivity contribution in [3.63, 3.8) is 0 Å². The summed E-state index contributed by atoms with van der Waals surface area (Å²) in [6.07, 6.45) is 0. The predicted octanol–water partition coefficient (Wildman–Crippen LogP) is 2.70. The van der Waals surface area contributed by atoms with Crippen LogP contribution in [0.1, 0.15) is 24.2 Å². The van der Waals surface area contributed by atoms with Crippen molar-refractivity contribution in [3.8, 4) is 0 Å². The summed E-state index contributed by atoms with van der Waals surface area (Å²) in [4.78, 5) is 14.6. The number of rotatable bonds is 3. The van der Waals surface area contributed by atoms with Crippen LogP contribution in [0.25, 0.3) is 0 Å². The summed E-state index contributed by atoms with van der Waals surface area (Å²) in [6, 6.07) is 8.10. The van der Waals surface area contributed by atoms with E-state index in [1.807, 2.05) is 47.9 Å². The van der Waals surface area contributed by atoms with Gasteiger partial charge in [0.25, 0.3) is 5.91 Å². The molecule has 1 aliphatic rings. The summed E-state index contributed by atoms with van der Waals surface area (Å²) in [7, 11) is 0. The summed E-state index contributed by atoms with van der Waals surface area (Å²) in [6.45, 7) is 5.85. The van der Waals surface area contributed by atoms with Crippen LogP contribution in [0.2, 0.25) is 0 Å². The second-order valence-corrected chi connectivity index (χ2v) is 5.65. The highest BCUT2D eigenvalue weighted by Crippen LogP contribution is 2.22. The van der Waals surface area contributed by atoms with Crippen LogP contribution in [-0.4, -0.2) is 41.4 Å². The minimum absolute atomic E-state index is 0.152. The quantitative estimate of drug-likeness (QED) is 0.911. The molecule has 4 heteroatoms. The lowest BCUT2D eigenvalue weighted by atomic mass is 10.1. The number of thioether (sulfide) groups is 1. The van der Waals surface area contributed by atoms with E-state index in [0.717, 1.165) is 35.8 Å². The van der Waals surface area contributed by atoms with Gasteiger partial charge in [0.1, 0.15) is 0 Å². The maximum Gasteiger partial charge on any atom is 0.256 e. The molecule has 98 valence electrons. The first-order valence-corrected chi connectivity index (χ1v) is 7.61. The first-order chi connectivity index (χ1) is 8.74. The van der Waals surface area contributed by atoms with Crippen LogP contribution >= 0.6 is 11.8 Å². The molecular formula is C14H20N2OS. The third-order valence-corrected chi connectivity index (χ3v) is 4.34. The normalized spacial score (nSPS) is 19.7. The Bertz CT molecular complexity index is 422. The maximum absolute atomic E-state index is 12.6. The van der Waals surface area contributed by atoms with Crippen molar-refractivity contribution in [2.24, 2.45) is 0 Å². The largest absolute Gasteiger partial charge is 0.385 e. The van der Waals surface area contributed by atoms with Crippen molar-refractivity contribution in [1.82, 2.24) is 4.90 Å². The van der Waals surface area contributed by atoms with Crippen molar-refractivity contribution in [3.05, 3.63) is 29.8 Å². The average Bonchev–Trinajstić information content (AvgIpc) is 2.40. The lowest BCUT2D eigenvalue weighted by molar-refractivity contribution is 0.0717. The summed E-state index contributed by atoms with van der Waals surface area (Å²) in [5.74, 6) is 2.23. The zero-order valence-electron chi connectivity index (χ0n) is 11.0. The topological polar surface area (TPSA) is 32.3 Å². The van der Waals surface area contributed by atoms with E-state index in [1.165, 1.54) is 0 Å². The minimum atomic E-state index is 0.152. The Hall–Kier alpha value is -1.16. The monoisotopic (exact) mass is 264 g/mol. The molecule has 1 fully saturated rings. The van der Waals surface area contributed by atoms with E-state index in [4.69, 9.17) is 0 Å². The molecule has 0 spiro atoms. The van der Waals surface area contributed by atoms with Crippen molar-refractivity contribution in [2.45, 2.75) is 19.9 Å². The molecular weight excluding hydrogens is 244 g/mol. The molecule has 1 amide bonds. The van der Waals surface area contributed by atoms with Gasteiger partial charge in [0.05, 0.1) is 5.56 Å². The van der Waals surface area contributed by atoms with E-state index in [2.05, 4.69) is 12.2 Å². The second-order valence-electron chi connectivity index (χ2n) is 4.50. The summed E-state index contributed by atoms with van der Waals surface area (Å²) < 4.78 is 0. The van der Waals surface area contributed by atoms with Crippen LogP contribution in [-0.2, 0) is 0 Å². The van der Waals surface area contributed by atoms with Gasteiger partial charge in [-0.25, -0.2) is 0 Å². The van der Waals surface area contributed by atoms with E-state index in [1.54, 1.807) is 0 Å². The van der Waals surface area contributed by atoms with Crippen LogP contribution in [0.5, 0.6) is 0 Å². The van der Waals surface area contributed by atoms with Gasteiger partial charge >= 0.3 is 0 Å². The SMILES string of the molecule is CCNc1ccccc1C(=O)N1CCSCC1C. The maximum atomic E-state index is 12.6. The molecule has 1 unspecified atom stereocenters. The number of hydrogen-bond acceptors (Lipinski definition) is 3. The van der Waals surface area contributed by atoms with Gasteiger partial charge < -0.3 is 10.2 Å². The number of benzene rings is 1.